The van der Waals surface area contributed by atoms with Crippen LogP contribution in [0.5, 0.6) is 0 Å². The fraction of sp³-hybridized carbons (Fsp3) is 0.800. The number of aliphatic hydroxyl groups is 1. The number of carbonyl (C=O) groups is 3. The molecule has 30 heavy (non-hydrogen) atoms. The topological polar surface area (TPSA) is 129 Å². The smallest absolute Gasteiger partial charge is 0.351 e. The molecular formula is C20H28FN3O6. The molecule has 1 aliphatic heterocycles. The maximum atomic E-state index is 13.9. The molecule has 0 spiro atoms. The predicted molar refractivity (Wildman–Crippen MR) is 100 cm³/mol. The van der Waals surface area contributed by atoms with Gasteiger partial charge >= 0.3 is 11.9 Å². The minimum absolute atomic E-state index is 0.0476. The lowest BCUT2D eigenvalue weighted by Crippen LogP contribution is -2.59. The largest absolute Gasteiger partial charge is 0.466 e. The van der Waals surface area contributed by atoms with Crippen molar-refractivity contribution in [3.05, 3.63) is 0 Å². The summed E-state index contributed by atoms with van der Waals surface area (Å²) in [5.74, 6) is -1.75. The maximum Gasteiger partial charge on any atom is 0.351 e. The van der Waals surface area contributed by atoms with Gasteiger partial charge in [-0.05, 0) is 45.4 Å². The Morgan fingerprint density at radius 2 is 1.90 bits per heavy atom. The third kappa shape index (κ3) is 4.42. The Balaban J connectivity index is 1.55. The Bertz CT molecular complexity index is 714. The normalized spacial score (nSPS) is 33.6. The average molecular weight is 425 g/mol. The average Bonchev–Trinajstić information content (AvgIpc) is 3.13. The first-order valence-corrected chi connectivity index (χ1v) is 10.4. The number of carbonyl (C=O) groups excluding carboxylic acids is 3. The van der Waals surface area contributed by atoms with Crippen LogP contribution >= 0.6 is 0 Å². The molecule has 2 N–H and O–H groups in total. The standard InChI is InChI=1S/C20H28FN3O6/c1-2-29-18(28)19-3-6-20(7-4-19,8-5-19)23-11-15(26)24-12-13(21)9-16(24)30-17(27)14(25)10-22/h13-14,16,23,25H,2-9,11-12H2,1H3/t13-,14-,16-,19?,20?/m0/s1. The van der Waals surface area contributed by atoms with E-state index in [0.29, 0.717) is 25.9 Å². The van der Waals surface area contributed by atoms with Crippen molar-refractivity contribution in [2.75, 3.05) is 19.7 Å². The number of aliphatic hydroxyl groups excluding tert-OH is 1. The number of amides is 1. The highest BCUT2D eigenvalue weighted by Crippen LogP contribution is 2.52. The monoisotopic (exact) mass is 425 g/mol. The van der Waals surface area contributed by atoms with Gasteiger partial charge < -0.3 is 24.8 Å². The molecule has 10 heteroatoms. The number of nitrogens with zero attached hydrogens (tertiary/aromatic N) is 2. The summed E-state index contributed by atoms with van der Waals surface area (Å²) in [6, 6.07) is 1.34. The number of esters is 2. The van der Waals surface area contributed by atoms with Gasteiger partial charge in [0.05, 0.1) is 25.1 Å². The number of nitrogens with one attached hydrogen (secondary N) is 1. The quantitative estimate of drug-likeness (QED) is 0.447. The number of halogens is 1. The third-order valence-electron chi connectivity index (χ3n) is 6.69. The molecule has 3 aliphatic carbocycles. The van der Waals surface area contributed by atoms with Crippen LogP contribution in [0.15, 0.2) is 0 Å². The fourth-order valence-electron chi connectivity index (χ4n) is 4.78. The summed E-state index contributed by atoms with van der Waals surface area (Å²) in [6.07, 6.45) is -0.298. The van der Waals surface area contributed by atoms with E-state index in [0.717, 1.165) is 24.2 Å². The number of rotatable bonds is 7. The highest BCUT2D eigenvalue weighted by atomic mass is 19.1. The van der Waals surface area contributed by atoms with Crippen LogP contribution in [0, 0.1) is 16.7 Å². The zero-order valence-electron chi connectivity index (χ0n) is 17.1. The van der Waals surface area contributed by atoms with Crippen molar-refractivity contribution in [3.8, 4) is 6.07 Å². The van der Waals surface area contributed by atoms with E-state index in [1.54, 1.807) is 6.92 Å². The van der Waals surface area contributed by atoms with Crippen LogP contribution in [0.25, 0.3) is 0 Å². The Labute approximate surface area is 174 Å². The summed E-state index contributed by atoms with van der Waals surface area (Å²) < 4.78 is 24.1. The number of nitriles is 1. The Kier molecular flexibility index (Phi) is 6.62. The van der Waals surface area contributed by atoms with Gasteiger partial charge in [-0.1, -0.05) is 0 Å². The maximum absolute atomic E-state index is 13.9. The molecule has 0 aromatic rings. The lowest BCUT2D eigenvalue weighted by molar-refractivity contribution is -0.168. The summed E-state index contributed by atoms with van der Waals surface area (Å²) in [6.45, 7) is 1.90. The van der Waals surface area contributed by atoms with Crippen molar-refractivity contribution in [1.29, 1.82) is 5.26 Å². The van der Waals surface area contributed by atoms with E-state index >= 15 is 0 Å². The highest BCUT2D eigenvalue weighted by molar-refractivity contribution is 5.81. The molecule has 0 aromatic heterocycles. The first-order chi connectivity index (χ1) is 14.2. The number of hydrogen-bond acceptors (Lipinski definition) is 8. The molecule has 1 amide bonds. The zero-order chi connectivity index (χ0) is 21.9. The number of likely N-dealkylation sites (tertiary alicyclic amines) is 1. The third-order valence-corrected chi connectivity index (χ3v) is 6.69. The summed E-state index contributed by atoms with van der Waals surface area (Å²) in [7, 11) is 0. The van der Waals surface area contributed by atoms with Crippen molar-refractivity contribution >= 4 is 17.8 Å². The number of alkyl halides is 1. The van der Waals surface area contributed by atoms with E-state index in [-0.39, 0.29) is 31.0 Å². The van der Waals surface area contributed by atoms with Crippen molar-refractivity contribution in [2.45, 2.75) is 75.9 Å². The van der Waals surface area contributed by atoms with Crippen LogP contribution in [0.4, 0.5) is 4.39 Å². The first kappa shape index (κ1) is 22.4. The van der Waals surface area contributed by atoms with E-state index in [4.69, 9.17) is 14.7 Å². The van der Waals surface area contributed by atoms with Crippen LogP contribution in [-0.2, 0) is 23.9 Å². The van der Waals surface area contributed by atoms with Crippen LogP contribution in [0.2, 0.25) is 0 Å². The zero-order valence-corrected chi connectivity index (χ0v) is 17.1. The number of fused-ring (bicyclic) bond motifs is 3. The van der Waals surface area contributed by atoms with Gasteiger partial charge in [-0.15, -0.1) is 0 Å². The molecule has 3 atom stereocenters. The lowest BCUT2D eigenvalue weighted by Gasteiger charge is -2.52. The minimum Gasteiger partial charge on any atom is -0.466 e. The molecule has 3 saturated carbocycles. The molecule has 1 saturated heterocycles. The van der Waals surface area contributed by atoms with Gasteiger partial charge in [0.15, 0.2) is 6.23 Å². The van der Waals surface area contributed by atoms with Crippen molar-refractivity contribution in [1.82, 2.24) is 10.2 Å². The van der Waals surface area contributed by atoms with Gasteiger partial charge in [-0.2, -0.15) is 5.26 Å². The minimum atomic E-state index is -1.97. The molecule has 0 radical (unpaired) electrons. The second-order valence-corrected chi connectivity index (χ2v) is 8.44. The molecule has 9 nitrogen and oxygen atoms in total. The van der Waals surface area contributed by atoms with E-state index in [1.807, 2.05) is 0 Å². The van der Waals surface area contributed by atoms with E-state index in [1.165, 1.54) is 6.07 Å². The SMILES string of the molecule is CCOC(=O)C12CCC(NCC(=O)N3C[C@@H](F)C[C@@H]3OC(=O)[C@@H](O)C#N)(CC1)CC2. The molecule has 4 rings (SSSR count). The molecule has 166 valence electrons. The molecular weight excluding hydrogens is 397 g/mol. The lowest BCUT2D eigenvalue weighted by atomic mass is 9.57. The second-order valence-electron chi connectivity index (χ2n) is 8.44. The van der Waals surface area contributed by atoms with Crippen molar-refractivity contribution in [3.63, 3.8) is 0 Å². The van der Waals surface area contributed by atoms with Gasteiger partial charge in [-0.3, -0.25) is 9.59 Å². The molecule has 0 unspecified atom stereocenters. The van der Waals surface area contributed by atoms with Gasteiger partial charge in [-0.25, -0.2) is 9.18 Å². The van der Waals surface area contributed by atoms with Crippen LogP contribution in [-0.4, -0.2) is 71.6 Å². The molecule has 4 aliphatic rings. The van der Waals surface area contributed by atoms with E-state index in [9.17, 15) is 23.9 Å². The Morgan fingerprint density at radius 1 is 1.27 bits per heavy atom. The first-order valence-electron chi connectivity index (χ1n) is 10.4. The summed E-state index contributed by atoms with van der Waals surface area (Å²) >= 11 is 0. The Morgan fingerprint density at radius 3 is 2.47 bits per heavy atom. The molecule has 0 aromatic carbocycles. The second kappa shape index (κ2) is 8.86. The molecule has 4 fully saturated rings. The number of ether oxygens (including phenoxy) is 2. The van der Waals surface area contributed by atoms with Crippen molar-refractivity contribution < 1.29 is 33.4 Å². The number of hydrogen-bond donors (Lipinski definition) is 2. The van der Waals surface area contributed by atoms with Crippen molar-refractivity contribution in [2.24, 2.45) is 5.41 Å². The molecule has 2 bridgehead atoms. The van der Waals surface area contributed by atoms with Crippen LogP contribution < -0.4 is 5.32 Å². The van der Waals surface area contributed by atoms with Gasteiger partial charge in [0.25, 0.3) is 0 Å². The van der Waals surface area contributed by atoms with Crippen LogP contribution in [0.3, 0.4) is 0 Å². The summed E-state index contributed by atoms with van der Waals surface area (Å²) in [5, 5.41) is 21.1. The van der Waals surface area contributed by atoms with Gasteiger partial charge in [0.2, 0.25) is 12.0 Å². The summed E-state index contributed by atoms with van der Waals surface area (Å²) in [5.41, 5.74) is -0.664. The predicted octanol–water partition coefficient (Wildman–Crippen LogP) is 0.556. The Hall–Kier alpha value is -2.25. The van der Waals surface area contributed by atoms with E-state index < -0.39 is 35.8 Å². The fourth-order valence-corrected chi connectivity index (χ4v) is 4.78. The van der Waals surface area contributed by atoms with Gasteiger partial charge in [0.1, 0.15) is 12.2 Å². The van der Waals surface area contributed by atoms with Crippen LogP contribution in [0.1, 0.15) is 51.9 Å². The summed E-state index contributed by atoms with van der Waals surface area (Å²) in [4.78, 5) is 37.8. The molecule has 1 heterocycles. The highest BCUT2D eigenvalue weighted by Gasteiger charge is 2.53. The van der Waals surface area contributed by atoms with Gasteiger partial charge in [0, 0.05) is 12.0 Å². The van der Waals surface area contributed by atoms with E-state index in [2.05, 4.69) is 5.32 Å².